The Bertz CT molecular complexity index is 882. The van der Waals surface area contributed by atoms with Gasteiger partial charge < -0.3 is 9.64 Å². The van der Waals surface area contributed by atoms with Gasteiger partial charge in [0, 0.05) is 24.5 Å². The van der Waals surface area contributed by atoms with Crippen molar-refractivity contribution in [2.75, 3.05) is 6.61 Å². The Morgan fingerprint density at radius 2 is 2.00 bits per heavy atom. The molecule has 1 amide bonds. The summed E-state index contributed by atoms with van der Waals surface area (Å²) in [4.78, 5) is 32.6. The van der Waals surface area contributed by atoms with Crippen LogP contribution in [0.2, 0.25) is 0 Å². The molecule has 3 heterocycles. The Hall–Kier alpha value is -2.69. The van der Waals surface area contributed by atoms with Gasteiger partial charge >= 0.3 is 5.97 Å². The van der Waals surface area contributed by atoms with E-state index in [9.17, 15) is 9.59 Å². The van der Waals surface area contributed by atoms with Crippen LogP contribution in [0.5, 0.6) is 0 Å². The van der Waals surface area contributed by atoms with E-state index >= 15 is 0 Å². The average Bonchev–Trinajstić information content (AvgIpc) is 3.25. The molecule has 0 unspecified atom stereocenters. The summed E-state index contributed by atoms with van der Waals surface area (Å²) in [5.41, 5.74) is 1.98. The lowest BCUT2D eigenvalue weighted by molar-refractivity contribution is -0.157. The molecule has 3 atom stereocenters. The normalized spacial score (nSPS) is 25.7. The number of rotatable bonds is 5. The van der Waals surface area contributed by atoms with Gasteiger partial charge in [-0.2, -0.15) is 0 Å². The van der Waals surface area contributed by atoms with Crippen LogP contribution in [-0.4, -0.2) is 40.5 Å². The molecule has 5 nitrogen and oxygen atoms in total. The Balaban J connectivity index is 1.69. The minimum atomic E-state index is -0.673. The predicted molar refractivity (Wildman–Crippen MR) is 106 cm³/mol. The summed E-state index contributed by atoms with van der Waals surface area (Å²) >= 11 is 0. The summed E-state index contributed by atoms with van der Waals surface area (Å²) in [7, 11) is 0. The standard InChI is InChI=1S/C23H26N2O3/c1-3-28-22(27)23(12-17-7-5-4-6-8-17)13-19-9-10-20(23)25(19)21(26)18-11-16(2)14-24-15-18/h4-8,11,14-15,19-20H,3,9-10,12-13H2,1-2H3/t19-,20+,23+/m1/s1. The second kappa shape index (κ2) is 7.38. The van der Waals surface area contributed by atoms with Gasteiger partial charge in [0.25, 0.3) is 5.91 Å². The van der Waals surface area contributed by atoms with Gasteiger partial charge in [0.1, 0.15) is 0 Å². The Morgan fingerprint density at radius 1 is 1.21 bits per heavy atom. The van der Waals surface area contributed by atoms with Crippen molar-refractivity contribution in [3.8, 4) is 0 Å². The highest BCUT2D eigenvalue weighted by Crippen LogP contribution is 2.52. The number of aromatic nitrogens is 1. The van der Waals surface area contributed by atoms with Gasteiger partial charge in [-0.3, -0.25) is 14.6 Å². The summed E-state index contributed by atoms with van der Waals surface area (Å²) in [6.07, 6.45) is 6.40. The molecular formula is C23H26N2O3. The fourth-order valence-electron chi connectivity index (χ4n) is 5.03. The van der Waals surface area contributed by atoms with Crippen LogP contribution in [0.1, 0.15) is 47.7 Å². The lowest BCUT2D eigenvalue weighted by Gasteiger charge is -2.35. The summed E-state index contributed by atoms with van der Waals surface area (Å²) in [5, 5.41) is 0. The van der Waals surface area contributed by atoms with Crippen molar-refractivity contribution in [1.29, 1.82) is 0 Å². The van der Waals surface area contributed by atoms with Gasteiger partial charge in [0.05, 0.1) is 17.6 Å². The highest BCUT2D eigenvalue weighted by Gasteiger charge is 2.62. The number of carbonyl (C=O) groups is 2. The van der Waals surface area contributed by atoms with Gasteiger partial charge in [0.15, 0.2) is 0 Å². The fraction of sp³-hybridized carbons (Fsp3) is 0.435. The molecule has 0 aliphatic carbocycles. The minimum absolute atomic E-state index is 0.0251. The molecule has 146 valence electrons. The highest BCUT2D eigenvalue weighted by atomic mass is 16.5. The third-order valence-corrected chi connectivity index (χ3v) is 6.14. The third-order valence-electron chi connectivity index (χ3n) is 6.14. The van der Waals surface area contributed by atoms with Crippen LogP contribution in [0.25, 0.3) is 0 Å². The van der Waals surface area contributed by atoms with E-state index < -0.39 is 5.41 Å². The Kier molecular flexibility index (Phi) is 4.92. The van der Waals surface area contributed by atoms with E-state index in [1.165, 1.54) is 0 Å². The summed E-state index contributed by atoms with van der Waals surface area (Å²) in [5.74, 6) is -0.200. The molecule has 2 aliphatic heterocycles. The maximum Gasteiger partial charge on any atom is 0.314 e. The monoisotopic (exact) mass is 378 g/mol. The summed E-state index contributed by atoms with van der Waals surface area (Å²) in [6.45, 7) is 4.12. The first-order valence-corrected chi connectivity index (χ1v) is 10.0. The molecule has 0 saturated carbocycles. The zero-order valence-electron chi connectivity index (χ0n) is 16.4. The van der Waals surface area contributed by atoms with Gasteiger partial charge in [-0.15, -0.1) is 0 Å². The molecule has 0 N–H and O–H groups in total. The topological polar surface area (TPSA) is 59.5 Å². The first kappa shape index (κ1) is 18.7. The van der Waals surface area contributed by atoms with E-state index in [1.807, 2.05) is 55.1 Å². The predicted octanol–water partition coefficient (Wildman–Crippen LogP) is 3.56. The van der Waals surface area contributed by atoms with Crippen molar-refractivity contribution in [1.82, 2.24) is 9.88 Å². The van der Waals surface area contributed by atoms with E-state index in [-0.39, 0.29) is 24.0 Å². The van der Waals surface area contributed by atoms with E-state index in [0.717, 1.165) is 24.0 Å². The number of benzene rings is 1. The third kappa shape index (κ3) is 3.09. The first-order valence-electron chi connectivity index (χ1n) is 10.0. The second-order valence-electron chi connectivity index (χ2n) is 7.95. The number of hydrogen-bond donors (Lipinski definition) is 0. The highest BCUT2D eigenvalue weighted by molar-refractivity contribution is 5.96. The lowest BCUT2D eigenvalue weighted by Crippen LogP contribution is -2.47. The summed E-state index contributed by atoms with van der Waals surface area (Å²) in [6, 6.07) is 11.9. The molecule has 2 fully saturated rings. The molecule has 1 aromatic heterocycles. The van der Waals surface area contributed by atoms with Crippen molar-refractivity contribution < 1.29 is 14.3 Å². The lowest BCUT2D eigenvalue weighted by atomic mass is 9.70. The number of hydrogen-bond acceptors (Lipinski definition) is 4. The zero-order chi connectivity index (χ0) is 19.7. The molecule has 2 aromatic rings. The van der Waals surface area contributed by atoms with Crippen LogP contribution >= 0.6 is 0 Å². The van der Waals surface area contributed by atoms with Crippen molar-refractivity contribution in [2.45, 2.75) is 51.6 Å². The van der Waals surface area contributed by atoms with Gasteiger partial charge in [0.2, 0.25) is 0 Å². The molecule has 0 spiro atoms. The van der Waals surface area contributed by atoms with E-state index in [2.05, 4.69) is 4.98 Å². The van der Waals surface area contributed by atoms with E-state index in [4.69, 9.17) is 4.74 Å². The first-order chi connectivity index (χ1) is 13.5. The SMILES string of the molecule is CCOC(=O)[C@@]1(Cc2ccccc2)C[C@H]2CC[C@@H]1N2C(=O)c1cncc(C)c1. The smallest absolute Gasteiger partial charge is 0.314 e. The molecule has 2 saturated heterocycles. The van der Waals surface area contributed by atoms with E-state index in [0.29, 0.717) is 25.0 Å². The van der Waals surface area contributed by atoms with Gasteiger partial charge in [-0.05, 0) is 56.7 Å². The van der Waals surface area contributed by atoms with Crippen molar-refractivity contribution in [3.05, 3.63) is 65.5 Å². The second-order valence-corrected chi connectivity index (χ2v) is 7.95. The van der Waals surface area contributed by atoms with Crippen molar-refractivity contribution in [2.24, 2.45) is 5.41 Å². The number of nitrogens with zero attached hydrogens (tertiary/aromatic N) is 2. The van der Waals surface area contributed by atoms with Crippen LogP contribution in [0.4, 0.5) is 0 Å². The maximum absolute atomic E-state index is 13.3. The number of aryl methyl sites for hydroxylation is 1. The van der Waals surface area contributed by atoms with Crippen LogP contribution in [0.15, 0.2) is 48.8 Å². The van der Waals surface area contributed by atoms with Crippen molar-refractivity contribution >= 4 is 11.9 Å². The Morgan fingerprint density at radius 3 is 2.71 bits per heavy atom. The molecule has 5 heteroatoms. The van der Waals surface area contributed by atoms with Gasteiger partial charge in [-0.1, -0.05) is 30.3 Å². The minimum Gasteiger partial charge on any atom is -0.465 e. The molecule has 2 aliphatic rings. The molecule has 4 rings (SSSR count). The summed E-state index contributed by atoms with van der Waals surface area (Å²) < 4.78 is 5.52. The fourth-order valence-corrected chi connectivity index (χ4v) is 5.03. The number of amides is 1. The zero-order valence-corrected chi connectivity index (χ0v) is 16.4. The van der Waals surface area contributed by atoms with Crippen LogP contribution in [0, 0.1) is 12.3 Å². The average molecular weight is 378 g/mol. The molecular weight excluding hydrogens is 352 g/mol. The largest absolute Gasteiger partial charge is 0.465 e. The van der Waals surface area contributed by atoms with Crippen LogP contribution in [-0.2, 0) is 16.0 Å². The number of carbonyl (C=O) groups excluding carboxylic acids is 2. The van der Waals surface area contributed by atoms with Crippen LogP contribution in [0.3, 0.4) is 0 Å². The van der Waals surface area contributed by atoms with Crippen molar-refractivity contribution in [3.63, 3.8) is 0 Å². The molecule has 28 heavy (non-hydrogen) atoms. The number of fused-ring (bicyclic) bond motifs is 2. The maximum atomic E-state index is 13.3. The van der Waals surface area contributed by atoms with Crippen LogP contribution < -0.4 is 0 Å². The van der Waals surface area contributed by atoms with E-state index in [1.54, 1.807) is 12.4 Å². The Labute approximate surface area is 165 Å². The number of ether oxygens (including phenoxy) is 1. The molecule has 1 aromatic carbocycles. The van der Waals surface area contributed by atoms with Gasteiger partial charge in [-0.25, -0.2) is 0 Å². The number of esters is 1. The number of pyridine rings is 1. The molecule has 2 bridgehead atoms. The molecule has 0 radical (unpaired) electrons. The quantitative estimate of drug-likeness (QED) is 0.747.